The van der Waals surface area contributed by atoms with Crippen molar-refractivity contribution in [3.8, 4) is 0 Å². The van der Waals surface area contributed by atoms with Gasteiger partial charge in [0.2, 0.25) is 0 Å². The average molecular weight is 184 g/mol. The molecule has 1 heterocycles. The molecule has 1 aromatic rings. The molecule has 0 aliphatic heterocycles. The Labute approximate surface area is 73.7 Å². The summed E-state index contributed by atoms with van der Waals surface area (Å²) in [7, 11) is 0. The Morgan fingerprint density at radius 1 is 1.75 bits per heavy atom. The van der Waals surface area contributed by atoms with Gasteiger partial charge in [0, 0.05) is 6.20 Å². The summed E-state index contributed by atoms with van der Waals surface area (Å²) in [6.07, 6.45) is 3.09. The number of nitrogens with two attached hydrogens (primary N) is 1. The third kappa shape index (κ3) is 2.75. The second-order valence-electron chi connectivity index (χ2n) is 1.93. The molecule has 5 nitrogen and oxygen atoms in total. The highest BCUT2D eigenvalue weighted by Gasteiger charge is 1.96. The first-order valence-electron chi connectivity index (χ1n) is 3.18. The van der Waals surface area contributed by atoms with Crippen LogP contribution in [0.3, 0.4) is 0 Å². The van der Waals surface area contributed by atoms with Crippen molar-refractivity contribution in [1.82, 2.24) is 9.97 Å². The summed E-state index contributed by atoms with van der Waals surface area (Å²) in [5.74, 6) is 0.603. The zero-order valence-electron chi connectivity index (χ0n) is 6.21. The van der Waals surface area contributed by atoms with Crippen LogP contribution in [0, 0.1) is 0 Å². The minimum absolute atomic E-state index is 0.179. The van der Waals surface area contributed by atoms with Crippen LogP contribution in [0.1, 0.15) is 0 Å². The molecule has 0 unspecified atom stereocenters. The van der Waals surface area contributed by atoms with Crippen LogP contribution in [0.5, 0.6) is 0 Å². The molecule has 0 radical (unpaired) electrons. The molecule has 0 aromatic carbocycles. The number of nitrogens with zero attached hydrogens (tertiary/aromatic N) is 3. The summed E-state index contributed by atoms with van der Waals surface area (Å²) in [4.78, 5) is 7.70. The summed E-state index contributed by atoms with van der Waals surface area (Å²) >= 11 is 1.39. The number of hydrogen-bond donors (Lipinski definition) is 2. The Hall–Kier alpha value is -1.30. The molecular weight excluding hydrogens is 176 g/mol. The van der Waals surface area contributed by atoms with Crippen molar-refractivity contribution < 1.29 is 5.21 Å². The van der Waals surface area contributed by atoms with Crippen LogP contribution in [-0.4, -0.2) is 26.8 Å². The fraction of sp³-hybridized carbons (Fsp3) is 0.167. The smallest absolute Gasteiger partial charge is 0.149 e. The van der Waals surface area contributed by atoms with Crippen molar-refractivity contribution >= 4 is 17.6 Å². The molecule has 0 saturated carbocycles. The average Bonchev–Trinajstić information content (AvgIpc) is 2.16. The zero-order chi connectivity index (χ0) is 8.81. The molecule has 1 aromatic heterocycles. The van der Waals surface area contributed by atoms with Crippen LogP contribution in [0.4, 0.5) is 0 Å². The predicted molar refractivity (Wildman–Crippen MR) is 46.2 cm³/mol. The maximum absolute atomic E-state index is 8.23. The van der Waals surface area contributed by atoms with E-state index in [0.29, 0.717) is 5.75 Å². The first kappa shape index (κ1) is 8.79. The molecule has 0 aliphatic carbocycles. The molecule has 6 heteroatoms. The normalized spacial score (nSPS) is 11.5. The molecule has 0 bridgehead atoms. The SMILES string of the molecule is NC(CSc1ccncn1)=NO. The van der Waals surface area contributed by atoms with E-state index in [1.807, 2.05) is 0 Å². The van der Waals surface area contributed by atoms with E-state index < -0.39 is 0 Å². The maximum atomic E-state index is 8.23. The van der Waals surface area contributed by atoms with Crippen LogP contribution in [-0.2, 0) is 0 Å². The minimum Gasteiger partial charge on any atom is -0.409 e. The molecule has 0 saturated heterocycles. The number of thioether (sulfide) groups is 1. The molecule has 3 N–H and O–H groups in total. The fourth-order valence-electron chi connectivity index (χ4n) is 0.541. The number of oxime groups is 1. The number of hydrogen-bond acceptors (Lipinski definition) is 5. The highest BCUT2D eigenvalue weighted by molar-refractivity contribution is 7.99. The van der Waals surface area contributed by atoms with Crippen LogP contribution in [0.2, 0.25) is 0 Å². The summed E-state index contributed by atoms with van der Waals surface area (Å²) < 4.78 is 0. The van der Waals surface area contributed by atoms with Gasteiger partial charge in [-0.1, -0.05) is 16.9 Å². The maximum Gasteiger partial charge on any atom is 0.149 e. The van der Waals surface area contributed by atoms with Gasteiger partial charge in [0.1, 0.15) is 12.2 Å². The third-order valence-corrected chi connectivity index (χ3v) is 2.03. The van der Waals surface area contributed by atoms with E-state index in [1.165, 1.54) is 18.1 Å². The molecule has 12 heavy (non-hydrogen) atoms. The van der Waals surface area contributed by atoms with Crippen molar-refractivity contribution in [1.29, 1.82) is 0 Å². The first-order valence-corrected chi connectivity index (χ1v) is 4.16. The quantitative estimate of drug-likeness (QED) is 0.176. The second kappa shape index (κ2) is 4.55. The minimum atomic E-state index is 0.179. The number of aromatic nitrogens is 2. The van der Waals surface area contributed by atoms with Crippen LogP contribution < -0.4 is 5.73 Å². The van der Waals surface area contributed by atoms with E-state index in [1.54, 1.807) is 12.3 Å². The van der Waals surface area contributed by atoms with Crippen molar-refractivity contribution in [2.45, 2.75) is 5.03 Å². The Morgan fingerprint density at radius 2 is 2.58 bits per heavy atom. The molecule has 1 rings (SSSR count). The Bertz CT molecular complexity index is 264. The van der Waals surface area contributed by atoms with Crippen LogP contribution >= 0.6 is 11.8 Å². The topological polar surface area (TPSA) is 84.4 Å². The van der Waals surface area contributed by atoms with Crippen molar-refractivity contribution in [2.75, 3.05) is 5.75 Å². The molecule has 0 fully saturated rings. The van der Waals surface area contributed by atoms with Gasteiger partial charge in [-0.2, -0.15) is 0 Å². The monoisotopic (exact) mass is 184 g/mol. The van der Waals surface area contributed by atoms with Crippen LogP contribution in [0.25, 0.3) is 0 Å². The van der Waals surface area contributed by atoms with Gasteiger partial charge in [0.05, 0.1) is 10.8 Å². The lowest BCUT2D eigenvalue weighted by molar-refractivity contribution is 0.318. The van der Waals surface area contributed by atoms with Gasteiger partial charge in [-0.25, -0.2) is 9.97 Å². The van der Waals surface area contributed by atoms with E-state index in [2.05, 4.69) is 15.1 Å². The van der Waals surface area contributed by atoms with Gasteiger partial charge < -0.3 is 10.9 Å². The predicted octanol–water partition coefficient (Wildman–Crippen LogP) is 0.315. The molecular formula is C6H8N4OS. The van der Waals surface area contributed by atoms with Crippen molar-refractivity contribution in [3.05, 3.63) is 18.6 Å². The zero-order valence-corrected chi connectivity index (χ0v) is 7.03. The van der Waals surface area contributed by atoms with Crippen molar-refractivity contribution in [2.24, 2.45) is 10.9 Å². The fourth-order valence-corrected chi connectivity index (χ4v) is 1.17. The van der Waals surface area contributed by atoms with E-state index >= 15 is 0 Å². The standard InChI is InChI=1S/C6H8N4OS/c7-5(10-11)3-12-6-1-2-8-4-9-6/h1-2,4,11H,3H2,(H2,7,10). The highest BCUT2D eigenvalue weighted by Crippen LogP contribution is 2.11. The number of rotatable bonds is 3. The molecule has 0 spiro atoms. The molecule has 0 amide bonds. The van der Waals surface area contributed by atoms with E-state index in [-0.39, 0.29) is 5.84 Å². The van der Waals surface area contributed by atoms with Gasteiger partial charge in [0.25, 0.3) is 0 Å². The second-order valence-corrected chi connectivity index (χ2v) is 2.92. The molecule has 0 aliphatic rings. The van der Waals surface area contributed by atoms with Gasteiger partial charge in [0.15, 0.2) is 0 Å². The molecule has 0 atom stereocenters. The third-order valence-electron chi connectivity index (χ3n) is 1.05. The Morgan fingerprint density at radius 3 is 3.17 bits per heavy atom. The van der Waals surface area contributed by atoms with Gasteiger partial charge >= 0.3 is 0 Å². The van der Waals surface area contributed by atoms with Gasteiger partial charge in [-0.05, 0) is 6.07 Å². The lowest BCUT2D eigenvalue weighted by Gasteiger charge is -1.96. The lowest BCUT2D eigenvalue weighted by atomic mass is 10.7. The molecule has 64 valence electrons. The lowest BCUT2D eigenvalue weighted by Crippen LogP contribution is -2.14. The summed E-state index contributed by atoms with van der Waals surface area (Å²) in [6.45, 7) is 0. The van der Waals surface area contributed by atoms with Gasteiger partial charge in [-0.3, -0.25) is 0 Å². The van der Waals surface area contributed by atoms with E-state index in [0.717, 1.165) is 5.03 Å². The summed E-state index contributed by atoms with van der Waals surface area (Å²) in [6, 6.07) is 1.76. The van der Waals surface area contributed by atoms with Crippen LogP contribution in [0.15, 0.2) is 28.8 Å². The van der Waals surface area contributed by atoms with E-state index in [9.17, 15) is 0 Å². The summed E-state index contributed by atoms with van der Waals surface area (Å²) in [5, 5.41) is 11.9. The van der Waals surface area contributed by atoms with E-state index in [4.69, 9.17) is 10.9 Å². The highest BCUT2D eigenvalue weighted by atomic mass is 32.2. The number of amidine groups is 1. The first-order chi connectivity index (χ1) is 5.83. The Kier molecular flexibility index (Phi) is 3.34. The largest absolute Gasteiger partial charge is 0.409 e. The Balaban J connectivity index is 2.44. The van der Waals surface area contributed by atoms with Gasteiger partial charge in [-0.15, -0.1) is 0 Å². The summed E-state index contributed by atoms with van der Waals surface area (Å²) in [5.41, 5.74) is 5.26. The van der Waals surface area contributed by atoms with Crippen molar-refractivity contribution in [3.63, 3.8) is 0 Å².